The van der Waals surface area contributed by atoms with Crippen LogP contribution in [0.5, 0.6) is 0 Å². The zero-order valence-corrected chi connectivity index (χ0v) is 8.53. The Balaban J connectivity index is 2.42. The van der Waals surface area contributed by atoms with Crippen LogP contribution in [-0.2, 0) is 9.59 Å². The number of nitrogens with zero attached hydrogens (tertiary/aromatic N) is 1. The molecule has 2 rings (SSSR count). The SMILES string of the molecule is C=CC1=C(C(=O)O)N2C(=O)C(O)[C@H]2SC1. The Morgan fingerprint density at radius 2 is 2.33 bits per heavy atom. The molecule has 2 heterocycles. The minimum atomic E-state index is -1.16. The highest BCUT2D eigenvalue weighted by Crippen LogP contribution is 2.40. The molecule has 80 valence electrons. The van der Waals surface area contributed by atoms with Crippen molar-refractivity contribution >= 4 is 23.6 Å². The van der Waals surface area contributed by atoms with Crippen LogP contribution in [-0.4, -0.2) is 44.2 Å². The summed E-state index contributed by atoms with van der Waals surface area (Å²) in [6.45, 7) is 3.51. The molecule has 5 nitrogen and oxygen atoms in total. The van der Waals surface area contributed by atoms with Gasteiger partial charge in [0.25, 0.3) is 5.91 Å². The third-order valence-electron chi connectivity index (χ3n) is 2.42. The number of thioether (sulfide) groups is 1. The number of allylic oxidation sites excluding steroid dienone is 1. The molecule has 0 aromatic heterocycles. The number of hydrogen-bond acceptors (Lipinski definition) is 4. The number of aliphatic hydroxyl groups excluding tert-OH is 1. The van der Waals surface area contributed by atoms with E-state index in [2.05, 4.69) is 6.58 Å². The number of carboxylic acid groups (broad SMARTS) is 1. The standard InChI is InChI=1S/C9H9NO4S/c1-2-4-3-15-8-6(11)7(12)10(8)5(4)9(13)14/h2,6,8,11H,1,3H2,(H,13,14)/t6?,8-/m1/s1. The predicted octanol–water partition coefficient (Wildman–Crippen LogP) is -0.213. The Morgan fingerprint density at radius 1 is 1.67 bits per heavy atom. The first-order chi connectivity index (χ1) is 7.07. The van der Waals surface area contributed by atoms with Gasteiger partial charge in [0.1, 0.15) is 11.1 Å². The highest BCUT2D eigenvalue weighted by atomic mass is 32.2. The van der Waals surface area contributed by atoms with Gasteiger partial charge in [0.05, 0.1) is 0 Å². The van der Waals surface area contributed by atoms with E-state index in [9.17, 15) is 14.7 Å². The highest BCUT2D eigenvalue weighted by Gasteiger charge is 2.52. The van der Waals surface area contributed by atoms with Crippen molar-refractivity contribution in [3.8, 4) is 0 Å². The fourth-order valence-electron chi connectivity index (χ4n) is 1.65. The van der Waals surface area contributed by atoms with Crippen molar-refractivity contribution in [1.29, 1.82) is 0 Å². The smallest absolute Gasteiger partial charge is 0.352 e. The van der Waals surface area contributed by atoms with Crippen molar-refractivity contribution < 1.29 is 19.8 Å². The molecule has 0 radical (unpaired) electrons. The van der Waals surface area contributed by atoms with Crippen molar-refractivity contribution in [1.82, 2.24) is 4.90 Å². The molecule has 0 aromatic rings. The van der Waals surface area contributed by atoms with Gasteiger partial charge < -0.3 is 10.2 Å². The maximum absolute atomic E-state index is 11.3. The molecule has 2 aliphatic heterocycles. The molecule has 1 fully saturated rings. The van der Waals surface area contributed by atoms with Gasteiger partial charge in [-0.25, -0.2) is 4.79 Å². The molecule has 0 spiro atoms. The van der Waals surface area contributed by atoms with Gasteiger partial charge in [-0.05, 0) is 5.57 Å². The third kappa shape index (κ3) is 1.29. The second kappa shape index (κ2) is 3.39. The molecule has 1 unspecified atom stereocenters. The largest absolute Gasteiger partial charge is 0.477 e. The van der Waals surface area contributed by atoms with Crippen LogP contribution in [0, 0.1) is 0 Å². The van der Waals surface area contributed by atoms with Gasteiger partial charge in [-0.1, -0.05) is 12.7 Å². The lowest BCUT2D eigenvalue weighted by atomic mass is 10.1. The Labute approximate surface area is 90.1 Å². The summed E-state index contributed by atoms with van der Waals surface area (Å²) in [4.78, 5) is 23.4. The van der Waals surface area contributed by atoms with E-state index < -0.39 is 23.4 Å². The van der Waals surface area contributed by atoms with Gasteiger partial charge in [-0.3, -0.25) is 9.69 Å². The van der Waals surface area contributed by atoms with Gasteiger partial charge in [0, 0.05) is 5.75 Å². The van der Waals surface area contributed by atoms with Crippen LogP contribution in [0.1, 0.15) is 0 Å². The zero-order chi connectivity index (χ0) is 11.2. The number of carbonyl (C=O) groups is 2. The highest BCUT2D eigenvalue weighted by molar-refractivity contribution is 8.00. The fraction of sp³-hybridized carbons (Fsp3) is 0.333. The predicted molar refractivity (Wildman–Crippen MR) is 54.0 cm³/mol. The monoisotopic (exact) mass is 227 g/mol. The van der Waals surface area contributed by atoms with Crippen LogP contribution in [0.4, 0.5) is 0 Å². The number of β-lactam (4-membered cyclic amide) rings is 1. The number of hydrogen-bond donors (Lipinski definition) is 2. The molecule has 1 saturated heterocycles. The minimum Gasteiger partial charge on any atom is -0.477 e. The number of fused-ring (bicyclic) bond motifs is 1. The van der Waals surface area contributed by atoms with E-state index in [0.717, 1.165) is 4.90 Å². The summed E-state index contributed by atoms with van der Waals surface area (Å²) >= 11 is 1.34. The fourth-order valence-corrected chi connectivity index (χ4v) is 2.91. The first-order valence-electron chi connectivity index (χ1n) is 4.29. The number of rotatable bonds is 2. The normalized spacial score (nSPS) is 29.7. The Bertz CT molecular complexity index is 390. The van der Waals surface area contributed by atoms with Gasteiger partial charge in [0.2, 0.25) is 0 Å². The number of amides is 1. The first-order valence-corrected chi connectivity index (χ1v) is 5.34. The van der Waals surface area contributed by atoms with E-state index in [1.54, 1.807) is 0 Å². The molecule has 6 heteroatoms. The molecule has 0 bridgehead atoms. The Morgan fingerprint density at radius 3 is 2.87 bits per heavy atom. The first kappa shape index (κ1) is 10.3. The van der Waals surface area contributed by atoms with E-state index in [1.807, 2.05) is 0 Å². The van der Waals surface area contributed by atoms with Crippen molar-refractivity contribution in [3.05, 3.63) is 23.9 Å². The van der Waals surface area contributed by atoms with E-state index >= 15 is 0 Å². The van der Waals surface area contributed by atoms with Crippen LogP contribution in [0.2, 0.25) is 0 Å². The van der Waals surface area contributed by atoms with Crippen molar-refractivity contribution in [2.45, 2.75) is 11.5 Å². The molecular formula is C9H9NO4S. The van der Waals surface area contributed by atoms with Crippen LogP contribution in [0.15, 0.2) is 23.9 Å². The number of carbonyl (C=O) groups excluding carboxylic acids is 1. The molecule has 2 N–H and O–H groups in total. The molecule has 0 aliphatic carbocycles. The van der Waals surface area contributed by atoms with Crippen molar-refractivity contribution in [3.63, 3.8) is 0 Å². The summed E-state index contributed by atoms with van der Waals surface area (Å²) < 4.78 is 0. The van der Waals surface area contributed by atoms with Gasteiger partial charge in [-0.15, -0.1) is 11.8 Å². The molecular weight excluding hydrogens is 218 g/mol. The summed E-state index contributed by atoms with van der Waals surface area (Å²) in [7, 11) is 0. The lowest BCUT2D eigenvalue weighted by Gasteiger charge is -2.46. The Hall–Kier alpha value is -1.27. The number of aliphatic carboxylic acids is 1. The van der Waals surface area contributed by atoms with E-state index in [0.29, 0.717) is 11.3 Å². The van der Waals surface area contributed by atoms with E-state index in [-0.39, 0.29) is 5.70 Å². The van der Waals surface area contributed by atoms with Gasteiger partial charge in [0.15, 0.2) is 6.10 Å². The summed E-state index contributed by atoms with van der Waals surface area (Å²) in [6, 6.07) is 0. The van der Waals surface area contributed by atoms with Gasteiger partial charge >= 0.3 is 5.97 Å². The van der Waals surface area contributed by atoms with Crippen molar-refractivity contribution in [2.75, 3.05) is 5.75 Å². The lowest BCUT2D eigenvalue weighted by Crippen LogP contribution is -2.64. The number of aliphatic hydroxyl groups is 1. The molecule has 2 atom stereocenters. The molecule has 1 amide bonds. The molecule has 0 saturated carbocycles. The third-order valence-corrected chi connectivity index (χ3v) is 3.71. The quantitative estimate of drug-likeness (QED) is 0.638. The van der Waals surface area contributed by atoms with Crippen LogP contribution in [0.25, 0.3) is 0 Å². The summed E-state index contributed by atoms with van der Waals surface area (Å²) in [6.07, 6.45) is 0.362. The maximum Gasteiger partial charge on any atom is 0.352 e. The van der Waals surface area contributed by atoms with E-state index in [4.69, 9.17) is 5.11 Å². The van der Waals surface area contributed by atoms with Crippen LogP contribution in [0.3, 0.4) is 0 Å². The lowest BCUT2D eigenvalue weighted by molar-refractivity contribution is -0.159. The summed E-state index contributed by atoms with van der Waals surface area (Å²) in [5.41, 5.74) is 0.466. The van der Waals surface area contributed by atoms with Crippen molar-refractivity contribution in [2.24, 2.45) is 0 Å². The minimum absolute atomic E-state index is 0.0518. The Kier molecular flexibility index (Phi) is 2.32. The summed E-state index contributed by atoms with van der Waals surface area (Å²) in [5.74, 6) is -1.25. The van der Waals surface area contributed by atoms with Crippen LogP contribution >= 0.6 is 11.8 Å². The van der Waals surface area contributed by atoms with Gasteiger partial charge in [-0.2, -0.15) is 0 Å². The topological polar surface area (TPSA) is 77.8 Å². The second-order valence-corrected chi connectivity index (χ2v) is 4.34. The second-order valence-electron chi connectivity index (χ2n) is 3.24. The average Bonchev–Trinajstić information content (AvgIpc) is 2.25. The molecule has 15 heavy (non-hydrogen) atoms. The summed E-state index contributed by atoms with van der Waals surface area (Å²) in [5, 5.41) is 17.8. The van der Waals surface area contributed by atoms with Crippen LogP contribution < -0.4 is 0 Å². The molecule has 0 aromatic carbocycles. The number of carboxylic acids is 1. The zero-order valence-electron chi connectivity index (χ0n) is 7.71. The molecule has 2 aliphatic rings. The van der Waals surface area contributed by atoms with E-state index in [1.165, 1.54) is 17.8 Å². The average molecular weight is 227 g/mol. The maximum atomic E-state index is 11.3.